The Morgan fingerprint density at radius 3 is 2.45 bits per heavy atom. The molecule has 0 spiro atoms. The van der Waals surface area contributed by atoms with E-state index in [9.17, 15) is 5.11 Å². The molecule has 2 atom stereocenters. The fourth-order valence-corrected chi connectivity index (χ4v) is 3.64. The first kappa shape index (κ1) is 17.9. The molecule has 1 aliphatic carbocycles. The summed E-state index contributed by atoms with van der Waals surface area (Å²) in [5, 5.41) is 13.7. The zero-order valence-corrected chi connectivity index (χ0v) is 14.5. The molecule has 0 bridgehead atoms. The molecule has 0 heterocycles. The van der Waals surface area contributed by atoms with E-state index in [0.717, 1.165) is 26.2 Å². The molecule has 0 saturated heterocycles. The first-order chi connectivity index (χ1) is 9.17. The summed E-state index contributed by atoms with van der Waals surface area (Å²) in [7, 11) is 0. The van der Waals surface area contributed by atoms with Crippen LogP contribution < -0.4 is 5.32 Å². The molecular weight excluding hydrogens is 248 g/mol. The average molecular weight is 284 g/mol. The molecule has 1 rings (SSSR count). The van der Waals surface area contributed by atoms with Crippen LogP contribution in [0.15, 0.2) is 0 Å². The van der Waals surface area contributed by atoms with E-state index in [1.165, 1.54) is 19.3 Å². The molecular formula is C17H36N2O. The number of nitrogens with one attached hydrogen (secondary N) is 1. The quantitative estimate of drug-likeness (QED) is 0.754. The van der Waals surface area contributed by atoms with Gasteiger partial charge in [-0.05, 0) is 57.5 Å². The molecule has 2 N–H and O–H groups in total. The van der Waals surface area contributed by atoms with E-state index in [1.54, 1.807) is 0 Å². The summed E-state index contributed by atoms with van der Waals surface area (Å²) in [6.45, 7) is 16.9. The van der Waals surface area contributed by atoms with Crippen molar-refractivity contribution in [2.45, 2.75) is 72.4 Å². The molecule has 0 radical (unpaired) electrons. The lowest BCUT2D eigenvalue weighted by molar-refractivity contribution is 0.0214. The summed E-state index contributed by atoms with van der Waals surface area (Å²) in [4.78, 5) is 2.41. The molecule has 3 nitrogen and oxygen atoms in total. The van der Waals surface area contributed by atoms with Gasteiger partial charge in [-0.2, -0.15) is 0 Å². The van der Waals surface area contributed by atoms with Crippen molar-refractivity contribution in [3.05, 3.63) is 0 Å². The average Bonchev–Trinajstić information content (AvgIpc) is 2.29. The van der Waals surface area contributed by atoms with Gasteiger partial charge in [-0.15, -0.1) is 0 Å². The third-order valence-electron chi connectivity index (χ3n) is 4.53. The molecule has 0 aromatic rings. The highest BCUT2D eigenvalue weighted by molar-refractivity contribution is 4.90. The highest BCUT2D eigenvalue weighted by atomic mass is 16.3. The van der Waals surface area contributed by atoms with Crippen molar-refractivity contribution < 1.29 is 5.11 Å². The van der Waals surface area contributed by atoms with Crippen molar-refractivity contribution in [3.8, 4) is 0 Å². The summed E-state index contributed by atoms with van der Waals surface area (Å²) < 4.78 is 0. The number of aliphatic hydroxyl groups is 1. The van der Waals surface area contributed by atoms with Crippen LogP contribution in [0.4, 0.5) is 0 Å². The zero-order valence-electron chi connectivity index (χ0n) is 14.5. The SMILES string of the molecule is CCNC1CCC(C)(C)CC1CN(CC)CC(C)(C)O. The summed E-state index contributed by atoms with van der Waals surface area (Å²) in [6, 6.07) is 0.642. The maximum atomic E-state index is 10.1. The molecule has 0 amide bonds. The summed E-state index contributed by atoms with van der Waals surface area (Å²) in [5.74, 6) is 0.695. The van der Waals surface area contributed by atoms with E-state index in [-0.39, 0.29) is 0 Å². The van der Waals surface area contributed by atoms with Gasteiger partial charge in [0.2, 0.25) is 0 Å². The fourth-order valence-electron chi connectivity index (χ4n) is 3.64. The molecule has 1 saturated carbocycles. The summed E-state index contributed by atoms with van der Waals surface area (Å²) in [6.07, 6.45) is 3.89. The van der Waals surface area contributed by atoms with E-state index >= 15 is 0 Å². The van der Waals surface area contributed by atoms with Crippen LogP contribution in [0, 0.1) is 11.3 Å². The Morgan fingerprint density at radius 1 is 1.30 bits per heavy atom. The minimum absolute atomic E-state index is 0.463. The van der Waals surface area contributed by atoms with Crippen molar-refractivity contribution >= 4 is 0 Å². The third-order valence-corrected chi connectivity index (χ3v) is 4.53. The van der Waals surface area contributed by atoms with Crippen LogP contribution in [0.25, 0.3) is 0 Å². The number of rotatable bonds is 7. The molecule has 0 aromatic carbocycles. The van der Waals surface area contributed by atoms with Gasteiger partial charge in [0.15, 0.2) is 0 Å². The second kappa shape index (κ2) is 7.24. The normalized spacial score (nSPS) is 27.0. The van der Waals surface area contributed by atoms with Crippen molar-refractivity contribution in [1.82, 2.24) is 10.2 Å². The highest BCUT2D eigenvalue weighted by Gasteiger charge is 2.35. The lowest BCUT2D eigenvalue weighted by Gasteiger charge is -2.43. The summed E-state index contributed by atoms with van der Waals surface area (Å²) >= 11 is 0. The van der Waals surface area contributed by atoms with Crippen LogP contribution in [0.2, 0.25) is 0 Å². The van der Waals surface area contributed by atoms with Crippen LogP contribution in [0.1, 0.15) is 60.8 Å². The lowest BCUT2D eigenvalue weighted by Crippen LogP contribution is -2.49. The monoisotopic (exact) mass is 284 g/mol. The predicted octanol–water partition coefficient (Wildman–Crippen LogP) is 2.88. The van der Waals surface area contributed by atoms with E-state index in [0.29, 0.717) is 17.4 Å². The molecule has 3 heteroatoms. The maximum absolute atomic E-state index is 10.1. The Morgan fingerprint density at radius 2 is 1.95 bits per heavy atom. The van der Waals surface area contributed by atoms with Crippen LogP contribution in [0.3, 0.4) is 0 Å². The number of likely N-dealkylation sites (N-methyl/N-ethyl adjacent to an activating group) is 1. The Balaban J connectivity index is 2.67. The molecule has 1 aliphatic rings. The van der Waals surface area contributed by atoms with Crippen molar-refractivity contribution in [2.75, 3.05) is 26.2 Å². The largest absolute Gasteiger partial charge is 0.389 e. The van der Waals surface area contributed by atoms with Gasteiger partial charge in [0.05, 0.1) is 5.60 Å². The van der Waals surface area contributed by atoms with Gasteiger partial charge in [0.25, 0.3) is 0 Å². The van der Waals surface area contributed by atoms with Crippen molar-refractivity contribution in [1.29, 1.82) is 0 Å². The Kier molecular flexibility index (Phi) is 6.49. The minimum Gasteiger partial charge on any atom is -0.389 e. The number of nitrogens with zero attached hydrogens (tertiary/aromatic N) is 1. The Bertz CT molecular complexity index is 283. The number of hydrogen-bond acceptors (Lipinski definition) is 3. The fraction of sp³-hybridized carbons (Fsp3) is 1.00. The van der Waals surface area contributed by atoms with Gasteiger partial charge in [-0.1, -0.05) is 27.7 Å². The molecule has 1 fully saturated rings. The van der Waals surface area contributed by atoms with E-state index in [1.807, 2.05) is 13.8 Å². The number of hydrogen-bond donors (Lipinski definition) is 2. The van der Waals surface area contributed by atoms with Gasteiger partial charge in [-0.25, -0.2) is 0 Å². The standard InChI is InChI=1S/C17H36N2O/c1-7-18-15-9-10-16(3,4)11-14(15)12-19(8-2)13-17(5,6)20/h14-15,18,20H,7-13H2,1-6H3. The van der Waals surface area contributed by atoms with Gasteiger partial charge in [0.1, 0.15) is 0 Å². The zero-order chi connectivity index (χ0) is 15.4. The first-order valence-corrected chi connectivity index (χ1v) is 8.35. The van der Waals surface area contributed by atoms with Crippen LogP contribution in [-0.2, 0) is 0 Å². The van der Waals surface area contributed by atoms with Gasteiger partial charge in [0, 0.05) is 19.1 Å². The van der Waals surface area contributed by atoms with Crippen LogP contribution in [0.5, 0.6) is 0 Å². The van der Waals surface area contributed by atoms with Gasteiger partial charge in [-0.3, -0.25) is 0 Å². The second-order valence-corrected chi connectivity index (χ2v) is 7.97. The molecule has 2 unspecified atom stereocenters. The predicted molar refractivity (Wildman–Crippen MR) is 87.0 cm³/mol. The molecule has 0 aliphatic heterocycles. The third kappa shape index (κ3) is 6.11. The maximum Gasteiger partial charge on any atom is 0.0718 e. The Hall–Kier alpha value is -0.120. The van der Waals surface area contributed by atoms with E-state index in [2.05, 4.69) is 37.9 Å². The lowest BCUT2D eigenvalue weighted by atomic mass is 9.69. The highest BCUT2D eigenvalue weighted by Crippen LogP contribution is 2.39. The van der Waals surface area contributed by atoms with Crippen LogP contribution in [-0.4, -0.2) is 47.8 Å². The van der Waals surface area contributed by atoms with Crippen LogP contribution >= 0.6 is 0 Å². The minimum atomic E-state index is -0.603. The Labute approximate surface area is 126 Å². The van der Waals surface area contributed by atoms with Gasteiger partial charge >= 0.3 is 0 Å². The molecule has 0 aromatic heterocycles. The first-order valence-electron chi connectivity index (χ1n) is 8.35. The summed E-state index contributed by atoms with van der Waals surface area (Å²) in [5.41, 5.74) is -0.140. The van der Waals surface area contributed by atoms with E-state index < -0.39 is 5.60 Å². The van der Waals surface area contributed by atoms with Crippen molar-refractivity contribution in [2.24, 2.45) is 11.3 Å². The topological polar surface area (TPSA) is 35.5 Å². The molecule has 120 valence electrons. The van der Waals surface area contributed by atoms with Crippen molar-refractivity contribution in [3.63, 3.8) is 0 Å². The van der Waals surface area contributed by atoms with E-state index in [4.69, 9.17) is 0 Å². The second-order valence-electron chi connectivity index (χ2n) is 7.97. The van der Waals surface area contributed by atoms with Gasteiger partial charge < -0.3 is 15.3 Å². The molecule has 20 heavy (non-hydrogen) atoms. The smallest absolute Gasteiger partial charge is 0.0718 e.